The largest absolute Gasteiger partial charge is 0.0985 e. The number of rotatable bonds is 6. The molecule has 0 spiro atoms. The van der Waals surface area contributed by atoms with Crippen molar-refractivity contribution in [3.8, 4) is 0 Å². The fourth-order valence-corrected chi connectivity index (χ4v) is 5.95. The highest BCUT2D eigenvalue weighted by Gasteiger charge is 2.46. The summed E-state index contributed by atoms with van der Waals surface area (Å²) < 4.78 is 0.482. The van der Waals surface area contributed by atoms with Crippen LogP contribution in [0.5, 0.6) is 0 Å². The maximum absolute atomic E-state index is 4.23. The smallest absolute Gasteiger partial charge is 0.0314 e. The highest BCUT2D eigenvalue weighted by molar-refractivity contribution is 9.10. The minimum atomic E-state index is 0.482. The summed E-state index contributed by atoms with van der Waals surface area (Å²) in [7, 11) is 0. The van der Waals surface area contributed by atoms with Crippen molar-refractivity contribution in [3.05, 3.63) is 42.0 Å². The van der Waals surface area contributed by atoms with Crippen LogP contribution in [0.15, 0.2) is 30.8 Å². The van der Waals surface area contributed by atoms with Gasteiger partial charge in [0.1, 0.15) is 0 Å². The van der Waals surface area contributed by atoms with Gasteiger partial charge in [0.15, 0.2) is 0 Å². The van der Waals surface area contributed by atoms with Gasteiger partial charge in [0, 0.05) is 4.32 Å². The molecule has 0 amide bonds. The van der Waals surface area contributed by atoms with Gasteiger partial charge in [-0.25, -0.2) is 0 Å². The summed E-state index contributed by atoms with van der Waals surface area (Å²) in [6.07, 6.45) is 16.0. The van der Waals surface area contributed by atoms with E-state index < -0.39 is 0 Å². The van der Waals surface area contributed by atoms with E-state index in [1.165, 1.54) is 75.3 Å². The lowest BCUT2D eigenvalue weighted by Crippen LogP contribution is -2.45. The SMILES string of the molecule is C=Cc1ccc(CCCCC2(Br)C3CCCC2CCC3)cc1. The zero-order chi connectivity index (χ0) is 15.4. The van der Waals surface area contributed by atoms with E-state index >= 15 is 0 Å². The first-order chi connectivity index (χ1) is 10.7. The molecule has 120 valence electrons. The molecule has 1 aromatic carbocycles. The van der Waals surface area contributed by atoms with Crippen LogP contribution in [0.25, 0.3) is 6.08 Å². The predicted molar refractivity (Wildman–Crippen MR) is 100 cm³/mol. The number of halogens is 1. The van der Waals surface area contributed by atoms with Crippen LogP contribution >= 0.6 is 15.9 Å². The fourth-order valence-electron chi connectivity index (χ4n) is 4.76. The maximum atomic E-state index is 4.23. The van der Waals surface area contributed by atoms with Gasteiger partial charge >= 0.3 is 0 Å². The van der Waals surface area contributed by atoms with E-state index in [0.717, 1.165) is 11.8 Å². The number of fused-ring (bicyclic) bond motifs is 2. The Morgan fingerprint density at radius 1 is 1.00 bits per heavy atom. The van der Waals surface area contributed by atoms with Gasteiger partial charge in [-0.05, 0) is 67.9 Å². The van der Waals surface area contributed by atoms with Crippen LogP contribution < -0.4 is 0 Å². The van der Waals surface area contributed by atoms with Gasteiger partial charge < -0.3 is 0 Å². The van der Waals surface area contributed by atoms with E-state index in [9.17, 15) is 0 Å². The molecule has 0 aromatic heterocycles. The Morgan fingerprint density at radius 3 is 2.14 bits per heavy atom. The van der Waals surface area contributed by atoms with Gasteiger partial charge in [0.05, 0.1) is 0 Å². The summed E-state index contributed by atoms with van der Waals surface area (Å²) in [4.78, 5) is 0. The van der Waals surface area contributed by atoms with Crippen molar-refractivity contribution >= 4 is 22.0 Å². The third-order valence-electron chi connectivity index (χ3n) is 6.06. The Hall–Kier alpha value is -0.560. The normalized spacial score (nSPS) is 31.0. The molecule has 3 rings (SSSR count). The molecule has 0 unspecified atom stereocenters. The molecule has 2 aliphatic rings. The zero-order valence-corrected chi connectivity index (χ0v) is 15.3. The molecule has 0 heterocycles. The molecule has 22 heavy (non-hydrogen) atoms. The van der Waals surface area contributed by atoms with Crippen molar-refractivity contribution in [2.45, 2.75) is 68.5 Å². The molecule has 0 radical (unpaired) electrons. The maximum Gasteiger partial charge on any atom is 0.0314 e. The third-order valence-corrected chi connectivity index (χ3v) is 7.75. The van der Waals surface area contributed by atoms with Crippen LogP contribution in [0, 0.1) is 11.8 Å². The Morgan fingerprint density at radius 2 is 1.59 bits per heavy atom. The lowest BCUT2D eigenvalue weighted by Gasteiger charge is -2.50. The van der Waals surface area contributed by atoms with E-state index in [2.05, 4.69) is 46.8 Å². The summed E-state index contributed by atoms with van der Waals surface area (Å²) in [5.41, 5.74) is 2.69. The molecule has 0 saturated heterocycles. The van der Waals surface area contributed by atoms with Gasteiger partial charge in [0.25, 0.3) is 0 Å². The number of benzene rings is 1. The molecule has 1 aromatic rings. The molecule has 2 bridgehead atoms. The second-order valence-corrected chi connectivity index (χ2v) is 8.81. The van der Waals surface area contributed by atoms with Crippen LogP contribution in [0.3, 0.4) is 0 Å². The third kappa shape index (κ3) is 3.50. The molecule has 2 fully saturated rings. The Bertz CT molecular complexity index is 465. The highest BCUT2D eigenvalue weighted by Crippen LogP contribution is 2.54. The second-order valence-electron chi connectivity index (χ2n) is 7.34. The molecule has 0 nitrogen and oxygen atoms in total. The van der Waals surface area contributed by atoms with Crippen LogP contribution in [0.1, 0.15) is 68.9 Å². The summed E-state index contributed by atoms with van der Waals surface area (Å²) in [6.45, 7) is 3.82. The van der Waals surface area contributed by atoms with Crippen molar-refractivity contribution in [2.24, 2.45) is 11.8 Å². The van der Waals surface area contributed by atoms with Crippen molar-refractivity contribution in [2.75, 3.05) is 0 Å². The molecular formula is C21H29Br. The van der Waals surface area contributed by atoms with Gasteiger partial charge in [0.2, 0.25) is 0 Å². The molecule has 1 heteroatoms. The Balaban J connectivity index is 1.48. The number of hydrogen-bond donors (Lipinski definition) is 0. The summed E-state index contributed by atoms with van der Waals surface area (Å²) in [5, 5.41) is 0. The lowest BCUT2D eigenvalue weighted by atomic mass is 9.63. The van der Waals surface area contributed by atoms with Gasteiger partial charge in [-0.1, -0.05) is 72.1 Å². The van der Waals surface area contributed by atoms with Crippen LogP contribution in [-0.2, 0) is 6.42 Å². The number of aryl methyl sites for hydroxylation is 1. The first kappa shape index (κ1) is 16.3. The predicted octanol–water partition coefficient (Wildman–Crippen LogP) is 6.78. The standard InChI is InChI=1S/C21H29Br/c1-2-17-12-14-18(15-13-17)7-3-4-16-21(22)19-8-5-9-20(21)11-6-10-19/h2,12-15,19-20H,1,3-11,16H2. The fraction of sp³-hybridized carbons (Fsp3) is 0.619. The second kappa shape index (κ2) is 7.34. The van der Waals surface area contributed by atoms with Gasteiger partial charge in [-0.3, -0.25) is 0 Å². The zero-order valence-electron chi connectivity index (χ0n) is 13.7. The first-order valence-corrected chi connectivity index (χ1v) is 9.92. The number of alkyl halides is 1. The molecule has 2 aliphatic carbocycles. The molecular weight excluding hydrogens is 332 g/mol. The van der Waals surface area contributed by atoms with Gasteiger partial charge in [-0.2, -0.15) is 0 Å². The average molecular weight is 361 g/mol. The molecule has 0 N–H and O–H groups in total. The van der Waals surface area contributed by atoms with E-state index in [-0.39, 0.29) is 0 Å². The van der Waals surface area contributed by atoms with Crippen molar-refractivity contribution in [1.29, 1.82) is 0 Å². The van der Waals surface area contributed by atoms with E-state index in [1.807, 2.05) is 6.08 Å². The minimum Gasteiger partial charge on any atom is -0.0985 e. The van der Waals surface area contributed by atoms with Crippen molar-refractivity contribution in [1.82, 2.24) is 0 Å². The summed E-state index contributed by atoms with van der Waals surface area (Å²) in [6, 6.07) is 8.88. The minimum absolute atomic E-state index is 0.482. The lowest BCUT2D eigenvalue weighted by molar-refractivity contribution is 0.119. The number of hydrogen-bond acceptors (Lipinski definition) is 0. The quantitative estimate of drug-likeness (QED) is 0.387. The molecule has 0 atom stereocenters. The monoisotopic (exact) mass is 360 g/mol. The highest BCUT2D eigenvalue weighted by atomic mass is 79.9. The number of unbranched alkanes of at least 4 members (excludes halogenated alkanes) is 1. The van der Waals surface area contributed by atoms with E-state index in [0.29, 0.717) is 4.32 Å². The van der Waals surface area contributed by atoms with Gasteiger partial charge in [-0.15, -0.1) is 0 Å². The topological polar surface area (TPSA) is 0 Å². The summed E-state index contributed by atoms with van der Waals surface area (Å²) in [5.74, 6) is 1.90. The van der Waals surface area contributed by atoms with Crippen LogP contribution in [-0.4, -0.2) is 4.32 Å². The van der Waals surface area contributed by atoms with Crippen molar-refractivity contribution < 1.29 is 0 Å². The Labute approximate surface area is 144 Å². The van der Waals surface area contributed by atoms with Crippen molar-refractivity contribution in [3.63, 3.8) is 0 Å². The van der Waals surface area contributed by atoms with E-state index in [1.54, 1.807) is 0 Å². The van der Waals surface area contributed by atoms with E-state index in [4.69, 9.17) is 0 Å². The summed E-state index contributed by atoms with van der Waals surface area (Å²) >= 11 is 4.23. The Kier molecular flexibility index (Phi) is 5.44. The first-order valence-electron chi connectivity index (χ1n) is 9.12. The average Bonchev–Trinajstić information content (AvgIpc) is 2.52. The molecule has 2 saturated carbocycles. The molecule has 0 aliphatic heterocycles. The van der Waals surface area contributed by atoms with Crippen LogP contribution in [0.4, 0.5) is 0 Å². The van der Waals surface area contributed by atoms with Crippen LogP contribution in [0.2, 0.25) is 0 Å².